The summed E-state index contributed by atoms with van der Waals surface area (Å²) in [6.45, 7) is 5.81. The minimum Gasteiger partial charge on any atom is -0.396 e. The van der Waals surface area contributed by atoms with Crippen LogP contribution in [0.5, 0.6) is 0 Å². The maximum Gasteiger partial charge on any atom is 0.0443 e. The Bertz CT molecular complexity index is 83.8. The van der Waals surface area contributed by atoms with Gasteiger partial charge in [0.05, 0.1) is 0 Å². The second kappa shape index (κ2) is 7.56. The van der Waals surface area contributed by atoms with Crippen LogP contribution in [0.25, 0.3) is 0 Å². The first-order chi connectivity index (χ1) is 5.72. The first-order valence-corrected chi connectivity index (χ1v) is 5.03. The molecule has 0 aliphatic carbocycles. The van der Waals surface area contributed by atoms with E-state index in [1.54, 1.807) is 0 Å². The Hall–Kier alpha value is -0.0800. The van der Waals surface area contributed by atoms with E-state index in [0.29, 0.717) is 12.6 Å². The van der Waals surface area contributed by atoms with E-state index in [1.165, 1.54) is 19.3 Å². The predicted octanol–water partition coefficient (Wildman–Crippen LogP) is 1.88. The fourth-order valence-corrected chi connectivity index (χ4v) is 1.26. The van der Waals surface area contributed by atoms with E-state index in [9.17, 15) is 0 Å². The van der Waals surface area contributed by atoms with Crippen LogP contribution in [0.1, 0.15) is 39.5 Å². The van der Waals surface area contributed by atoms with Gasteiger partial charge < -0.3 is 10.0 Å². The molecule has 74 valence electrons. The largest absolute Gasteiger partial charge is 0.396 e. The van der Waals surface area contributed by atoms with E-state index in [4.69, 9.17) is 5.11 Å². The fourth-order valence-electron chi connectivity index (χ4n) is 1.26. The molecule has 0 saturated carbocycles. The lowest BCUT2D eigenvalue weighted by molar-refractivity contribution is 0.207. The monoisotopic (exact) mass is 173 g/mol. The first kappa shape index (κ1) is 11.9. The standard InChI is InChI=1S/C10H23NO/c1-4-5-7-10(2)11(3)8-6-9-12/h10,12H,4-9H2,1-3H3. The van der Waals surface area contributed by atoms with Crippen LogP contribution in [0, 0.1) is 0 Å². The van der Waals surface area contributed by atoms with Gasteiger partial charge >= 0.3 is 0 Å². The van der Waals surface area contributed by atoms with Gasteiger partial charge in [0.1, 0.15) is 0 Å². The van der Waals surface area contributed by atoms with Crippen molar-refractivity contribution in [2.24, 2.45) is 0 Å². The van der Waals surface area contributed by atoms with Crippen molar-refractivity contribution in [2.75, 3.05) is 20.2 Å². The predicted molar refractivity (Wildman–Crippen MR) is 53.3 cm³/mol. The van der Waals surface area contributed by atoms with Gasteiger partial charge in [-0.2, -0.15) is 0 Å². The average Bonchev–Trinajstić information content (AvgIpc) is 2.10. The third-order valence-electron chi connectivity index (χ3n) is 2.40. The van der Waals surface area contributed by atoms with Crippen molar-refractivity contribution in [3.63, 3.8) is 0 Å². The van der Waals surface area contributed by atoms with E-state index in [-0.39, 0.29) is 0 Å². The smallest absolute Gasteiger partial charge is 0.0443 e. The number of unbranched alkanes of at least 4 members (excludes halogenated alkanes) is 1. The maximum absolute atomic E-state index is 8.65. The number of rotatable bonds is 7. The van der Waals surface area contributed by atoms with Gasteiger partial charge in [-0.25, -0.2) is 0 Å². The van der Waals surface area contributed by atoms with E-state index < -0.39 is 0 Å². The van der Waals surface area contributed by atoms with Crippen LogP contribution in [0.15, 0.2) is 0 Å². The zero-order chi connectivity index (χ0) is 9.40. The number of hydrogen-bond acceptors (Lipinski definition) is 2. The van der Waals surface area contributed by atoms with Crippen LogP contribution in [-0.4, -0.2) is 36.2 Å². The number of hydrogen-bond donors (Lipinski definition) is 1. The van der Waals surface area contributed by atoms with Crippen molar-refractivity contribution in [1.29, 1.82) is 0 Å². The maximum atomic E-state index is 8.65. The lowest BCUT2D eigenvalue weighted by Gasteiger charge is -2.24. The minimum absolute atomic E-state index is 0.310. The summed E-state index contributed by atoms with van der Waals surface area (Å²) >= 11 is 0. The topological polar surface area (TPSA) is 23.5 Å². The highest BCUT2D eigenvalue weighted by Gasteiger charge is 2.06. The second-order valence-electron chi connectivity index (χ2n) is 3.55. The Balaban J connectivity index is 3.39. The van der Waals surface area contributed by atoms with E-state index >= 15 is 0 Å². The zero-order valence-corrected chi connectivity index (χ0v) is 8.71. The molecule has 0 aromatic carbocycles. The third kappa shape index (κ3) is 5.56. The second-order valence-corrected chi connectivity index (χ2v) is 3.55. The molecule has 0 spiro atoms. The van der Waals surface area contributed by atoms with Gasteiger partial charge in [0.15, 0.2) is 0 Å². The van der Waals surface area contributed by atoms with Crippen LogP contribution in [-0.2, 0) is 0 Å². The molecule has 0 fully saturated rings. The summed E-state index contributed by atoms with van der Waals surface area (Å²) < 4.78 is 0. The van der Waals surface area contributed by atoms with Gasteiger partial charge in [-0.3, -0.25) is 0 Å². The van der Waals surface area contributed by atoms with Crippen molar-refractivity contribution in [3.8, 4) is 0 Å². The van der Waals surface area contributed by atoms with E-state index in [1.807, 2.05) is 0 Å². The Morgan fingerprint density at radius 1 is 1.33 bits per heavy atom. The molecule has 0 aliphatic rings. The van der Waals surface area contributed by atoms with Crippen LogP contribution >= 0.6 is 0 Å². The summed E-state index contributed by atoms with van der Waals surface area (Å²) in [5.41, 5.74) is 0. The molecular formula is C10H23NO. The Labute approximate surface area is 76.6 Å². The SMILES string of the molecule is CCCCC(C)N(C)CCCO. The summed E-state index contributed by atoms with van der Waals surface area (Å²) in [6.07, 6.45) is 4.76. The van der Waals surface area contributed by atoms with Gasteiger partial charge in [0.25, 0.3) is 0 Å². The highest BCUT2D eigenvalue weighted by molar-refractivity contribution is 4.62. The molecule has 1 N–H and O–H groups in total. The quantitative estimate of drug-likeness (QED) is 0.635. The molecule has 0 rings (SSSR count). The molecular weight excluding hydrogens is 150 g/mol. The zero-order valence-electron chi connectivity index (χ0n) is 8.71. The molecule has 0 amide bonds. The normalized spacial score (nSPS) is 13.8. The summed E-state index contributed by atoms with van der Waals surface area (Å²) in [5.74, 6) is 0. The van der Waals surface area contributed by atoms with Crippen LogP contribution in [0.2, 0.25) is 0 Å². The summed E-state index contributed by atoms with van der Waals surface area (Å²) in [5, 5.41) is 8.65. The third-order valence-corrected chi connectivity index (χ3v) is 2.40. The molecule has 0 aliphatic heterocycles. The van der Waals surface area contributed by atoms with Crippen molar-refractivity contribution in [3.05, 3.63) is 0 Å². The molecule has 2 nitrogen and oxygen atoms in total. The minimum atomic E-state index is 0.310. The number of aliphatic hydroxyl groups excluding tert-OH is 1. The van der Waals surface area contributed by atoms with E-state index in [2.05, 4.69) is 25.8 Å². The van der Waals surface area contributed by atoms with Gasteiger partial charge in [-0.05, 0) is 26.8 Å². The summed E-state index contributed by atoms with van der Waals surface area (Å²) in [7, 11) is 2.13. The van der Waals surface area contributed by atoms with Crippen LogP contribution in [0.4, 0.5) is 0 Å². The van der Waals surface area contributed by atoms with E-state index in [0.717, 1.165) is 13.0 Å². The molecule has 1 unspecified atom stereocenters. The van der Waals surface area contributed by atoms with Gasteiger partial charge in [-0.1, -0.05) is 19.8 Å². The van der Waals surface area contributed by atoms with Crippen molar-refractivity contribution in [1.82, 2.24) is 4.90 Å². The molecule has 1 atom stereocenters. The summed E-state index contributed by atoms with van der Waals surface area (Å²) in [4.78, 5) is 2.33. The summed E-state index contributed by atoms with van der Waals surface area (Å²) in [6, 6.07) is 0.663. The van der Waals surface area contributed by atoms with Gasteiger partial charge in [0, 0.05) is 19.2 Å². The number of nitrogens with zero attached hydrogens (tertiary/aromatic N) is 1. The molecule has 12 heavy (non-hydrogen) atoms. The highest BCUT2D eigenvalue weighted by Crippen LogP contribution is 2.06. The Morgan fingerprint density at radius 2 is 2.00 bits per heavy atom. The Kier molecular flexibility index (Phi) is 7.51. The average molecular weight is 173 g/mol. The van der Waals surface area contributed by atoms with Crippen molar-refractivity contribution in [2.45, 2.75) is 45.6 Å². The fraction of sp³-hybridized carbons (Fsp3) is 1.00. The van der Waals surface area contributed by atoms with Crippen molar-refractivity contribution >= 4 is 0 Å². The lowest BCUT2D eigenvalue weighted by Crippen LogP contribution is -2.30. The van der Waals surface area contributed by atoms with Crippen LogP contribution in [0.3, 0.4) is 0 Å². The molecule has 0 radical (unpaired) electrons. The highest BCUT2D eigenvalue weighted by atomic mass is 16.3. The number of aliphatic hydroxyl groups is 1. The first-order valence-electron chi connectivity index (χ1n) is 5.03. The molecule has 0 bridgehead atoms. The molecule has 2 heteroatoms. The van der Waals surface area contributed by atoms with Crippen molar-refractivity contribution < 1.29 is 5.11 Å². The molecule has 0 aromatic rings. The molecule has 0 saturated heterocycles. The van der Waals surface area contributed by atoms with Crippen LogP contribution < -0.4 is 0 Å². The lowest BCUT2D eigenvalue weighted by atomic mass is 10.1. The molecule has 0 aromatic heterocycles. The van der Waals surface area contributed by atoms with Gasteiger partial charge in [-0.15, -0.1) is 0 Å². The van der Waals surface area contributed by atoms with Gasteiger partial charge in [0.2, 0.25) is 0 Å². The molecule has 0 heterocycles. The Morgan fingerprint density at radius 3 is 2.50 bits per heavy atom.